The van der Waals surface area contributed by atoms with Crippen molar-refractivity contribution >= 4 is 31.9 Å². The Morgan fingerprint density at radius 1 is 1.18 bits per heavy atom. The molecular weight excluding hydrogens is 358 g/mol. The second-order valence-electron chi connectivity index (χ2n) is 3.58. The molecule has 1 aromatic carbocycles. The summed E-state index contributed by atoms with van der Waals surface area (Å²) in [7, 11) is 0. The summed E-state index contributed by atoms with van der Waals surface area (Å²) in [4.78, 5) is -0.427. The van der Waals surface area contributed by atoms with Crippen LogP contribution in [-0.4, -0.2) is 0 Å². The topological polar surface area (TPSA) is 13.1 Å². The quantitative estimate of drug-likeness (QED) is 0.532. The number of aryl methyl sites for hydroxylation is 1. The first kappa shape index (κ1) is 12.8. The van der Waals surface area contributed by atoms with Gasteiger partial charge in [0.15, 0.2) is 0 Å². The number of hydrogen-bond acceptors (Lipinski definition) is 1. The highest BCUT2D eigenvalue weighted by atomic mass is 79.9. The number of alkyl halides is 1. The first-order valence-electron chi connectivity index (χ1n) is 4.83. The molecule has 0 bridgehead atoms. The van der Waals surface area contributed by atoms with Gasteiger partial charge < -0.3 is 4.42 Å². The molecule has 1 aromatic heterocycles. The molecule has 0 fully saturated rings. The highest BCUT2D eigenvalue weighted by molar-refractivity contribution is 9.10. The normalized spacial score (nSPS) is 12.8. The minimum absolute atomic E-state index is 0.113. The molecule has 0 amide bonds. The van der Waals surface area contributed by atoms with E-state index < -0.39 is 16.5 Å². The van der Waals surface area contributed by atoms with Gasteiger partial charge in [0, 0.05) is 11.1 Å². The Labute approximate surface area is 114 Å². The van der Waals surface area contributed by atoms with Crippen molar-refractivity contribution in [2.24, 2.45) is 0 Å². The van der Waals surface area contributed by atoms with Crippen LogP contribution in [0.4, 0.5) is 8.78 Å². The zero-order valence-corrected chi connectivity index (χ0v) is 12.0. The zero-order chi connectivity index (χ0) is 12.6. The van der Waals surface area contributed by atoms with E-state index in [0.717, 1.165) is 11.6 Å². The van der Waals surface area contributed by atoms with Crippen molar-refractivity contribution < 1.29 is 13.2 Å². The van der Waals surface area contributed by atoms with Crippen LogP contribution in [-0.2, 0) is 0 Å². The largest absolute Gasteiger partial charge is 0.469 e. The van der Waals surface area contributed by atoms with Crippen LogP contribution in [0.25, 0.3) is 0 Å². The Morgan fingerprint density at radius 2 is 1.88 bits per heavy atom. The third-order valence-electron chi connectivity index (χ3n) is 2.48. The van der Waals surface area contributed by atoms with Gasteiger partial charge in [0.25, 0.3) is 0 Å². The molecule has 0 aliphatic rings. The van der Waals surface area contributed by atoms with Crippen LogP contribution in [0.2, 0.25) is 0 Å². The molecule has 0 aliphatic carbocycles. The predicted octanol–water partition coefficient (Wildman–Crippen LogP) is 5.11. The van der Waals surface area contributed by atoms with E-state index in [9.17, 15) is 8.78 Å². The van der Waals surface area contributed by atoms with Crippen molar-refractivity contribution in [1.29, 1.82) is 0 Å². The second-order valence-corrected chi connectivity index (χ2v) is 5.35. The van der Waals surface area contributed by atoms with E-state index in [1.54, 1.807) is 13.0 Å². The summed E-state index contributed by atoms with van der Waals surface area (Å²) in [6, 6.07) is 4.02. The highest BCUT2D eigenvalue weighted by Crippen LogP contribution is 2.36. The molecule has 0 saturated heterocycles. The average Bonchev–Trinajstić information content (AvgIpc) is 2.69. The average molecular weight is 366 g/mol. The Balaban J connectivity index is 2.48. The van der Waals surface area contributed by atoms with Crippen LogP contribution in [0.15, 0.2) is 33.4 Å². The standard InChI is InChI=1S/C12H8Br2F2O/c1-6-7(2-3-17-6)12(14)8-4-11(16)9(13)5-10(8)15/h2-5,12H,1H3. The van der Waals surface area contributed by atoms with Gasteiger partial charge in [-0.2, -0.15) is 0 Å². The third kappa shape index (κ3) is 2.45. The lowest BCUT2D eigenvalue weighted by Gasteiger charge is -2.11. The van der Waals surface area contributed by atoms with Crippen molar-refractivity contribution in [3.05, 3.63) is 57.5 Å². The molecular formula is C12H8Br2F2O. The van der Waals surface area contributed by atoms with E-state index in [1.807, 2.05) is 0 Å². The first-order chi connectivity index (χ1) is 8.00. The Morgan fingerprint density at radius 3 is 2.47 bits per heavy atom. The smallest absolute Gasteiger partial charge is 0.137 e. The van der Waals surface area contributed by atoms with Crippen molar-refractivity contribution in [2.75, 3.05) is 0 Å². The van der Waals surface area contributed by atoms with Gasteiger partial charge in [-0.1, -0.05) is 15.9 Å². The zero-order valence-electron chi connectivity index (χ0n) is 8.81. The fraction of sp³-hybridized carbons (Fsp3) is 0.167. The predicted molar refractivity (Wildman–Crippen MR) is 68.3 cm³/mol. The SMILES string of the molecule is Cc1occc1C(Br)c1cc(F)c(Br)cc1F. The molecule has 1 atom stereocenters. The molecule has 0 aliphatic heterocycles. The van der Waals surface area contributed by atoms with E-state index in [-0.39, 0.29) is 10.0 Å². The van der Waals surface area contributed by atoms with Crippen LogP contribution < -0.4 is 0 Å². The van der Waals surface area contributed by atoms with Crippen molar-refractivity contribution in [1.82, 2.24) is 0 Å². The summed E-state index contributed by atoms with van der Waals surface area (Å²) in [6.45, 7) is 1.77. The minimum Gasteiger partial charge on any atom is -0.469 e. The van der Waals surface area contributed by atoms with E-state index in [0.29, 0.717) is 5.76 Å². The van der Waals surface area contributed by atoms with Crippen LogP contribution in [0.3, 0.4) is 0 Å². The monoisotopic (exact) mass is 364 g/mol. The molecule has 0 saturated carbocycles. The van der Waals surface area contributed by atoms with Crippen molar-refractivity contribution in [2.45, 2.75) is 11.8 Å². The fourth-order valence-corrected chi connectivity index (χ4v) is 2.70. The second kappa shape index (κ2) is 4.90. The van der Waals surface area contributed by atoms with E-state index in [4.69, 9.17) is 4.42 Å². The van der Waals surface area contributed by atoms with Gasteiger partial charge in [-0.3, -0.25) is 0 Å². The number of rotatable bonds is 2. The third-order valence-corrected chi connectivity index (χ3v) is 4.08. The fourth-order valence-electron chi connectivity index (χ4n) is 1.56. The van der Waals surface area contributed by atoms with Crippen LogP contribution in [0.5, 0.6) is 0 Å². The van der Waals surface area contributed by atoms with Crippen LogP contribution in [0.1, 0.15) is 21.7 Å². The molecule has 1 heterocycles. The Kier molecular flexibility index (Phi) is 3.68. The Hall–Kier alpha value is -0.680. The molecule has 0 radical (unpaired) electrons. The Bertz CT molecular complexity index is 551. The lowest BCUT2D eigenvalue weighted by molar-refractivity contribution is 0.529. The molecule has 1 unspecified atom stereocenters. The van der Waals surface area contributed by atoms with E-state index in [1.165, 1.54) is 12.3 Å². The molecule has 0 spiro atoms. The molecule has 2 rings (SSSR count). The van der Waals surface area contributed by atoms with Crippen LogP contribution in [0, 0.1) is 18.6 Å². The summed E-state index contributed by atoms with van der Waals surface area (Å²) < 4.78 is 32.4. The van der Waals surface area contributed by atoms with Gasteiger partial charge in [-0.25, -0.2) is 8.78 Å². The minimum atomic E-state index is -0.494. The lowest BCUT2D eigenvalue weighted by atomic mass is 10.0. The van der Waals surface area contributed by atoms with Gasteiger partial charge in [0.2, 0.25) is 0 Å². The summed E-state index contributed by atoms with van der Waals surface area (Å²) in [6.07, 6.45) is 1.52. The van der Waals surface area contributed by atoms with Crippen molar-refractivity contribution in [3.8, 4) is 0 Å². The van der Waals surface area contributed by atoms with Gasteiger partial charge in [0.05, 0.1) is 15.6 Å². The maximum absolute atomic E-state index is 13.7. The summed E-state index contributed by atoms with van der Waals surface area (Å²) in [5.41, 5.74) is 1.03. The molecule has 0 N–H and O–H groups in total. The maximum Gasteiger partial charge on any atom is 0.137 e. The summed E-state index contributed by atoms with van der Waals surface area (Å²) >= 11 is 6.30. The molecule has 2 aromatic rings. The molecule has 1 nitrogen and oxygen atoms in total. The van der Waals surface area contributed by atoms with Gasteiger partial charge in [-0.15, -0.1) is 0 Å². The van der Waals surface area contributed by atoms with Gasteiger partial charge in [-0.05, 0) is 41.1 Å². The van der Waals surface area contributed by atoms with Crippen LogP contribution >= 0.6 is 31.9 Å². The molecule has 17 heavy (non-hydrogen) atoms. The molecule has 90 valence electrons. The van der Waals surface area contributed by atoms with E-state index >= 15 is 0 Å². The molecule has 5 heteroatoms. The first-order valence-corrected chi connectivity index (χ1v) is 6.54. The number of halogens is 4. The van der Waals surface area contributed by atoms with Gasteiger partial charge >= 0.3 is 0 Å². The number of hydrogen-bond donors (Lipinski definition) is 0. The number of furan rings is 1. The summed E-state index contributed by atoms with van der Waals surface area (Å²) in [5.74, 6) is -0.289. The highest BCUT2D eigenvalue weighted by Gasteiger charge is 2.20. The summed E-state index contributed by atoms with van der Waals surface area (Å²) in [5, 5.41) is 0. The number of benzene rings is 1. The lowest BCUT2D eigenvalue weighted by Crippen LogP contribution is -1.98. The maximum atomic E-state index is 13.7. The van der Waals surface area contributed by atoms with E-state index in [2.05, 4.69) is 31.9 Å². The van der Waals surface area contributed by atoms with Crippen molar-refractivity contribution in [3.63, 3.8) is 0 Å². The van der Waals surface area contributed by atoms with Gasteiger partial charge in [0.1, 0.15) is 17.4 Å².